The van der Waals surface area contributed by atoms with E-state index in [4.69, 9.17) is 11.5 Å². The second kappa shape index (κ2) is 5.45. The normalized spacial score (nSPS) is 23.3. The second-order valence-electron chi connectivity index (χ2n) is 5.83. The Bertz CT molecular complexity index is 308. The van der Waals surface area contributed by atoms with Crippen LogP contribution in [0.4, 0.5) is 0 Å². The number of nitrogens with one attached hydrogen (secondary N) is 1. The maximum atomic E-state index is 6.01. The Morgan fingerprint density at radius 2 is 1.94 bits per heavy atom. The first-order valence-corrected chi connectivity index (χ1v) is 6.20. The van der Waals surface area contributed by atoms with Crippen LogP contribution in [0.15, 0.2) is 23.7 Å². The molecule has 0 saturated carbocycles. The smallest absolute Gasteiger partial charge is 0.0987 e. The molecule has 1 rings (SSSR count). The van der Waals surface area contributed by atoms with Crippen LogP contribution in [0.25, 0.3) is 0 Å². The van der Waals surface area contributed by atoms with Crippen molar-refractivity contribution in [2.75, 3.05) is 13.1 Å². The van der Waals surface area contributed by atoms with Crippen molar-refractivity contribution in [1.82, 2.24) is 10.2 Å². The van der Waals surface area contributed by atoms with Crippen LogP contribution in [0.3, 0.4) is 0 Å². The molecule has 4 nitrogen and oxygen atoms in total. The molecule has 0 amide bonds. The largest absolute Gasteiger partial charge is 0.402 e. The van der Waals surface area contributed by atoms with Crippen LogP contribution in [-0.4, -0.2) is 29.6 Å². The summed E-state index contributed by atoms with van der Waals surface area (Å²) in [6, 6.07) is 0.518. The Kier molecular flexibility index (Phi) is 4.46. The molecule has 17 heavy (non-hydrogen) atoms. The highest BCUT2D eigenvalue weighted by Crippen LogP contribution is 2.15. The fourth-order valence-corrected chi connectivity index (χ4v) is 2.05. The van der Waals surface area contributed by atoms with Gasteiger partial charge in [0.15, 0.2) is 0 Å². The average Bonchev–Trinajstić information content (AvgIpc) is 2.59. The van der Waals surface area contributed by atoms with Crippen molar-refractivity contribution in [1.29, 1.82) is 0 Å². The van der Waals surface area contributed by atoms with Crippen LogP contribution >= 0.6 is 0 Å². The third-order valence-electron chi connectivity index (χ3n) is 2.71. The van der Waals surface area contributed by atoms with Gasteiger partial charge in [-0.2, -0.15) is 0 Å². The minimum atomic E-state index is 0.160. The van der Waals surface area contributed by atoms with E-state index in [2.05, 4.69) is 31.0 Å². The number of likely N-dealkylation sites (tertiary alicyclic amines) is 1. The molecule has 5 N–H and O–H groups in total. The molecule has 98 valence electrons. The first-order valence-electron chi connectivity index (χ1n) is 6.20. The highest BCUT2D eigenvalue weighted by Gasteiger charge is 2.25. The zero-order valence-corrected chi connectivity index (χ0v) is 11.5. The Morgan fingerprint density at radius 3 is 2.47 bits per heavy atom. The van der Waals surface area contributed by atoms with Gasteiger partial charge in [0.1, 0.15) is 0 Å². The molecule has 0 spiro atoms. The van der Waals surface area contributed by atoms with Gasteiger partial charge in [0.05, 0.1) is 5.82 Å². The van der Waals surface area contributed by atoms with Crippen molar-refractivity contribution in [2.24, 2.45) is 11.5 Å². The van der Waals surface area contributed by atoms with Crippen molar-refractivity contribution in [3.8, 4) is 0 Å². The highest BCUT2D eigenvalue weighted by molar-refractivity contribution is 5.13. The lowest BCUT2D eigenvalue weighted by Gasteiger charge is -2.26. The van der Waals surface area contributed by atoms with Gasteiger partial charge >= 0.3 is 0 Å². The SMILES string of the molecule is C/C(N)=C/C=C(\N)N1CCC(NC(C)(C)C)C1. The van der Waals surface area contributed by atoms with E-state index in [-0.39, 0.29) is 5.54 Å². The van der Waals surface area contributed by atoms with Gasteiger partial charge in [-0.3, -0.25) is 0 Å². The van der Waals surface area contributed by atoms with Gasteiger partial charge in [-0.05, 0) is 46.3 Å². The number of allylic oxidation sites excluding steroid dienone is 3. The Hall–Kier alpha value is -1.16. The Labute approximate surface area is 105 Å². The van der Waals surface area contributed by atoms with E-state index in [0.29, 0.717) is 6.04 Å². The molecule has 1 heterocycles. The van der Waals surface area contributed by atoms with Crippen LogP contribution in [-0.2, 0) is 0 Å². The van der Waals surface area contributed by atoms with Crippen molar-refractivity contribution >= 4 is 0 Å². The maximum Gasteiger partial charge on any atom is 0.0987 e. The lowest BCUT2D eigenvalue weighted by atomic mass is 10.1. The maximum absolute atomic E-state index is 6.01. The first kappa shape index (κ1) is 13.9. The van der Waals surface area contributed by atoms with E-state index in [1.807, 2.05) is 19.1 Å². The summed E-state index contributed by atoms with van der Waals surface area (Å²) in [6.07, 6.45) is 4.87. The lowest BCUT2D eigenvalue weighted by molar-refractivity contribution is 0.345. The van der Waals surface area contributed by atoms with E-state index < -0.39 is 0 Å². The number of hydrogen-bond acceptors (Lipinski definition) is 4. The summed E-state index contributed by atoms with van der Waals surface area (Å²) in [5, 5.41) is 3.60. The number of hydrogen-bond donors (Lipinski definition) is 3. The summed E-state index contributed by atoms with van der Waals surface area (Å²) in [4.78, 5) is 2.20. The summed E-state index contributed by atoms with van der Waals surface area (Å²) in [6.45, 7) is 10.4. The molecule has 0 aliphatic carbocycles. The monoisotopic (exact) mass is 238 g/mol. The third kappa shape index (κ3) is 5.13. The molecule has 0 aromatic heterocycles. The lowest BCUT2D eigenvalue weighted by Crippen LogP contribution is -2.45. The fraction of sp³-hybridized carbons (Fsp3) is 0.692. The Morgan fingerprint density at radius 1 is 1.29 bits per heavy atom. The van der Waals surface area contributed by atoms with Crippen LogP contribution < -0.4 is 16.8 Å². The molecule has 0 bridgehead atoms. The number of nitrogens with two attached hydrogens (primary N) is 2. The molecule has 4 heteroatoms. The van der Waals surface area contributed by atoms with Crippen molar-refractivity contribution in [3.05, 3.63) is 23.7 Å². The molecule has 0 aromatic rings. The summed E-state index contributed by atoms with van der Waals surface area (Å²) < 4.78 is 0. The molecule has 1 aliphatic heterocycles. The molecule has 1 saturated heterocycles. The molecule has 1 aliphatic rings. The van der Waals surface area contributed by atoms with E-state index in [1.54, 1.807) is 0 Å². The summed E-state index contributed by atoms with van der Waals surface area (Å²) in [7, 11) is 0. The van der Waals surface area contributed by atoms with Gasteiger partial charge in [-0.15, -0.1) is 0 Å². The molecule has 1 unspecified atom stereocenters. The van der Waals surface area contributed by atoms with Crippen molar-refractivity contribution < 1.29 is 0 Å². The van der Waals surface area contributed by atoms with Crippen molar-refractivity contribution in [2.45, 2.75) is 45.7 Å². The Balaban J connectivity index is 2.50. The van der Waals surface area contributed by atoms with Crippen LogP contribution in [0.5, 0.6) is 0 Å². The summed E-state index contributed by atoms with van der Waals surface area (Å²) in [5.41, 5.74) is 12.5. The molecular weight excluding hydrogens is 212 g/mol. The van der Waals surface area contributed by atoms with Crippen molar-refractivity contribution in [3.63, 3.8) is 0 Å². The molecule has 0 radical (unpaired) electrons. The third-order valence-corrected chi connectivity index (χ3v) is 2.71. The van der Waals surface area contributed by atoms with Gasteiger partial charge in [-0.1, -0.05) is 0 Å². The average molecular weight is 238 g/mol. The van der Waals surface area contributed by atoms with Crippen LogP contribution in [0.2, 0.25) is 0 Å². The number of rotatable bonds is 3. The van der Waals surface area contributed by atoms with Gasteiger partial charge < -0.3 is 21.7 Å². The van der Waals surface area contributed by atoms with E-state index in [0.717, 1.165) is 31.0 Å². The standard InChI is InChI=1S/C13H26N4/c1-10(14)5-6-12(15)17-8-7-11(9-17)16-13(2,3)4/h5-6,11,16H,7-9,14-15H2,1-4H3/b10-5-,12-6+. The second-order valence-corrected chi connectivity index (χ2v) is 5.83. The predicted molar refractivity (Wildman–Crippen MR) is 73.1 cm³/mol. The topological polar surface area (TPSA) is 67.3 Å². The van der Waals surface area contributed by atoms with E-state index in [9.17, 15) is 0 Å². The number of nitrogens with zero attached hydrogens (tertiary/aromatic N) is 1. The van der Waals surface area contributed by atoms with Gasteiger partial charge in [0, 0.05) is 30.4 Å². The molecule has 1 atom stereocenters. The quantitative estimate of drug-likeness (QED) is 0.644. The highest BCUT2D eigenvalue weighted by atomic mass is 15.2. The van der Waals surface area contributed by atoms with Crippen LogP contribution in [0.1, 0.15) is 34.1 Å². The predicted octanol–water partition coefficient (Wildman–Crippen LogP) is 1.11. The fourth-order valence-electron chi connectivity index (χ4n) is 2.05. The molecule has 1 fully saturated rings. The molecular formula is C13H26N4. The zero-order chi connectivity index (χ0) is 13.1. The minimum absolute atomic E-state index is 0.160. The minimum Gasteiger partial charge on any atom is -0.402 e. The van der Waals surface area contributed by atoms with Gasteiger partial charge in [0.25, 0.3) is 0 Å². The zero-order valence-electron chi connectivity index (χ0n) is 11.5. The summed E-state index contributed by atoms with van der Waals surface area (Å²) >= 11 is 0. The van der Waals surface area contributed by atoms with E-state index >= 15 is 0 Å². The molecule has 0 aromatic carbocycles. The first-order chi connectivity index (χ1) is 7.78. The van der Waals surface area contributed by atoms with Gasteiger partial charge in [-0.25, -0.2) is 0 Å². The van der Waals surface area contributed by atoms with Crippen LogP contribution in [0, 0.1) is 0 Å². The summed E-state index contributed by atoms with van der Waals surface area (Å²) in [5.74, 6) is 0.799. The van der Waals surface area contributed by atoms with Gasteiger partial charge in [0.2, 0.25) is 0 Å². The van der Waals surface area contributed by atoms with E-state index in [1.165, 1.54) is 0 Å².